The normalized spacial score (nSPS) is 13.1. The molecule has 15 heteroatoms. The number of urea groups is 1. The van der Waals surface area contributed by atoms with E-state index in [4.69, 9.17) is 24.2 Å². The van der Waals surface area contributed by atoms with E-state index in [0.717, 1.165) is 72.7 Å². The standard InChI is InChI=1S/C50H56N8O7/c1-28-18-30(3)46(31(4)19-28)53-44-26-38-36-24-41(63-7)40(59)22-34(36)10-14-55(38)49(61)57(44)16-12-51-48(60)52-13-17-58-45(54-47-32(5)20-29(2)21-33(47)6)27-39-37-25-43(65-9)42(64-8)23-35(37)11-15-56(39)50(58)62/h18-27,59H,10-17H2,1-9H3,(H2,51,52,60). The van der Waals surface area contributed by atoms with Crippen LogP contribution in [0.5, 0.6) is 23.0 Å². The van der Waals surface area contributed by atoms with Crippen LogP contribution in [0, 0.1) is 41.5 Å². The van der Waals surface area contributed by atoms with Gasteiger partial charge in [-0.3, -0.25) is 18.3 Å². The molecule has 0 spiro atoms. The molecule has 2 aromatic heterocycles. The lowest BCUT2D eigenvalue weighted by molar-refractivity contribution is 0.239. The van der Waals surface area contributed by atoms with Crippen LogP contribution in [0.1, 0.15) is 44.5 Å². The summed E-state index contributed by atoms with van der Waals surface area (Å²) in [5.74, 6) is 1.54. The molecule has 4 aromatic carbocycles. The van der Waals surface area contributed by atoms with Gasteiger partial charge in [-0.2, -0.15) is 0 Å². The topological polar surface area (TPSA) is 168 Å². The Morgan fingerprint density at radius 2 is 0.985 bits per heavy atom. The van der Waals surface area contributed by atoms with E-state index < -0.39 is 6.03 Å². The van der Waals surface area contributed by atoms with Crippen LogP contribution in [-0.2, 0) is 39.0 Å². The number of benzene rings is 4. The molecule has 0 saturated heterocycles. The first kappa shape index (κ1) is 44.3. The summed E-state index contributed by atoms with van der Waals surface area (Å²) in [5, 5.41) is 16.3. The highest BCUT2D eigenvalue weighted by Gasteiger charge is 2.24. The van der Waals surface area contributed by atoms with Crippen LogP contribution in [-0.4, -0.2) is 63.8 Å². The summed E-state index contributed by atoms with van der Waals surface area (Å²) in [6.45, 7) is 13.5. The van der Waals surface area contributed by atoms with Gasteiger partial charge in [0.05, 0.1) is 44.1 Å². The molecule has 0 unspecified atom stereocenters. The zero-order chi connectivity index (χ0) is 46.3. The Balaban J connectivity index is 1.07. The van der Waals surface area contributed by atoms with Crippen LogP contribution in [0.25, 0.3) is 22.5 Å². The number of carbonyl (C=O) groups excluding carboxylic acids is 1. The number of carbonyl (C=O) groups is 1. The second-order valence-electron chi connectivity index (χ2n) is 16.9. The fraction of sp³-hybridized carbons (Fsp3) is 0.340. The number of amides is 2. The number of hydrogen-bond donors (Lipinski definition) is 3. The van der Waals surface area contributed by atoms with Crippen LogP contribution in [0.2, 0.25) is 0 Å². The average Bonchev–Trinajstić information content (AvgIpc) is 3.26. The third-order valence-corrected chi connectivity index (χ3v) is 12.3. The number of phenolic OH excluding ortho intramolecular Hbond substituents is 1. The Kier molecular flexibility index (Phi) is 12.3. The number of ether oxygens (including phenoxy) is 3. The van der Waals surface area contributed by atoms with Crippen molar-refractivity contribution < 1.29 is 24.1 Å². The molecular weight excluding hydrogens is 825 g/mol. The maximum atomic E-state index is 14.4. The lowest BCUT2D eigenvalue weighted by Crippen LogP contribution is -2.47. The van der Waals surface area contributed by atoms with Crippen molar-refractivity contribution in [2.24, 2.45) is 9.98 Å². The van der Waals surface area contributed by atoms with Crippen LogP contribution in [0.15, 0.2) is 80.2 Å². The van der Waals surface area contributed by atoms with Crippen molar-refractivity contribution in [3.8, 4) is 45.5 Å². The summed E-state index contributed by atoms with van der Waals surface area (Å²) in [5.41, 5.74) is 13.0. The van der Waals surface area contributed by atoms with E-state index in [1.165, 1.54) is 7.11 Å². The summed E-state index contributed by atoms with van der Waals surface area (Å²) in [6, 6.07) is 18.9. The van der Waals surface area contributed by atoms with Gasteiger partial charge in [-0.05, 0) is 112 Å². The van der Waals surface area contributed by atoms with Crippen molar-refractivity contribution in [1.82, 2.24) is 28.9 Å². The minimum atomic E-state index is -0.453. The summed E-state index contributed by atoms with van der Waals surface area (Å²) >= 11 is 0. The highest BCUT2D eigenvalue weighted by molar-refractivity contribution is 5.74. The molecule has 0 aliphatic carbocycles. The van der Waals surface area contributed by atoms with Crippen molar-refractivity contribution in [2.75, 3.05) is 34.4 Å². The monoisotopic (exact) mass is 880 g/mol. The number of methoxy groups -OCH3 is 3. The van der Waals surface area contributed by atoms with Gasteiger partial charge in [0.25, 0.3) is 0 Å². The molecule has 0 atom stereocenters. The highest BCUT2D eigenvalue weighted by Crippen LogP contribution is 2.39. The van der Waals surface area contributed by atoms with Gasteiger partial charge in [0.15, 0.2) is 23.0 Å². The van der Waals surface area contributed by atoms with E-state index in [0.29, 0.717) is 59.8 Å². The number of nitrogens with zero attached hydrogens (tertiary/aromatic N) is 6. The zero-order valence-corrected chi connectivity index (χ0v) is 38.5. The van der Waals surface area contributed by atoms with E-state index >= 15 is 0 Å². The minimum absolute atomic E-state index is 0.0406. The smallest absolute Gasteiger partial charge is 0.330 e. The Bertz CT molecular complexity index is 3130. The van der Waals surface area contributed by atoms with E-state index in [2.05, 4.69) is 34.9 Å². The van der Waals surface area contributed by atoms with Crippen molar-refractivity contribution in [3.63, 3.8) is 0 Å². The predicted molar refractivity (Wildman–Crippen MR) is 250 cm³/mol. The lowest BCUT2D eigenvalue weighted by atomic mass is 9.97. The summed E-state index contributed by atoms with van der Waals surface area (Å²) in [6.07, 6.45) is 1.16. The lowest BCUT2D eigenvalue weighted by Gasteiger charge is -2.25. The molecule has 4 heterocycles. The quantitative estimate of drug-likeness (QED) is 0.141. The van der Waals surface area contributed by atoms with Crippen molar-refractivity contribution >= 4 is 17.4 Å². The number of hydrogen-bond acceptors (Lipinski definition) is 9. The largest absolute Gasteiger partial charge is 0.504 e. The molecular formula is C50H56N8O7. The van der Waals surface area contributed by atoms with Gasteiger partial charge in [0.2, 0.25) is 0 Å². The fourth-order valence-electron chi connectivity index (χ4n) is 9.34. The summed E-state index contributed by atoms with van der Waals surface area (Å²) < 4.78 is 23.3. The van der Waals surface area contributed by atoms with Gasteiger partial charge in [-0.25, -0.2) is 24.4 Å². The molecule has 2 amide bonds. The second kappa shape index (κ2) is 18.1. The SMILES string of the molecule is COc1cc2c(cc1O)CCn1c-2cc(=Nc2c(C)cc(C)cc2C)n(CCNC(=O)NCCn2c(=Nc3c(C)cc(C)cc3C)cc3n(c2=O)CCc2cc(OC)c(OC)cc2-3)c1=O. The number of aromatic hydroxyl groups is 1. The van der Waals surface area contributed by atoms with Crippen LogP contribution in [0.4, 0.5) is 16.2 Å². The second-order valence-corrected chi connectivity index (χ2v) is 16.9. The van der Waals surface area contributed by atoms with Gasteiger partial charge < -0.3 is 30.0 Å². The number of nitrogens with one attached hydrogen (secondary N) is 2. The molecule has 6 aromatic rings. The number of phenols is 1. The molecule has 2 aliphatic heterocycles. The number of aromatic nitrogens is 4. The predicted octanol–water partition coefficient (Wildman–Crippen LogP) is 6.11. The maximum Gasteiger partial charge on any atom is 0.330 e. The Hall–Kier alpha value is -7.29. The Morgan fingerprint density at radius 3 is 1.42 bits per heavy atom. The van der Waals surface area contributed by atoms with E-state index in [1.54, 1.807) is 44.6 Å². The maximum absolute atomic E-state index is 14.4. The van der Waals surface area contributed by atoms with Gasteiger partial charge in [0, 0.05) is 62.5 Å². The molecule has 3 N–H and O–H groups in total. The summed E-state index contributed by atoms with van der Waals surface area (Å²) in [7, 11) is 4.69. The van der Waals surface area contributed by atoms with Crippen LogP contribution >= 0.6 is 0 Å². The number of rotatable bonds is 11. The number of fused-ring (bicyclic) bond motifs is 6. The first-order valence-corrected chi connectivity index (χ1v) is 21.8. The summed E-state index contributed by atoms with van der Waals surface area (Å²) in [4.78, 5) is 52.4. The minimum Gasteiger partial charge on any atom is -0.504 e. The Morgan fingerprint density at radius 1 is 0.585 bits per heavy atom. The molecule has 8 rings (SSSR count). The molecule has 0 saturated carbocycles. The van der Waals surface area contributed by atoms with E-state index in [-0.39, 0.29) is 43.3 Å². The first-order chi connectivity index (χ1) is 31.2. The molecule has 2 aliphatic rings. The van der Waals surface area contributed by atoms with Gasteiger partial charge >= 0.3 is 17.4 Å². The van der Waals surface area contributed by atoms with Crippen LogP contribution in [0.3, 0.4) is 0 Å². The fourth-order valence-corrected chi connectivity index (χ4v) is 9.34. The van der Waals surface area contributed by atoms with Gasteiger partial charge in [0.1, 0.15) is 11.0 Å². The molecule has 0 bridgehead atoms. The zero-order valence-electron chi connectivity index (χ0n) is 38.5. The molecule has 0 fully saturated rings. The molecule has 65 heavy (non-hydrogen) atoms. The number of aryl methyl sites for hydroxylation is 8. The van der Waals surface area contributed by atoms with Gasteiger partial charge in [-0.1, -0.05) is 35.4 Å². The van der Waals surface area contributed by atoms with Crippen molar-refractivity contribution in [1.29, 1.82) is 0 Å². The van der Waals surface area contributed by atoms with Crippen molar-refractivity contribution in [3.05, 3.63) is 137 Å². The van der Waals surface area contributed by atoms with E-state index in [9.17, 15) is 19.5 Å². The molecule has 15 nitrogen and oxygen atoms in total. The first-order valence-electron chi connectivity index (χ1n) is 21.8. The molecule has 338 valence electrons. The molecule has 0 radical (unpaired) electrons. The van der Waals surface area contributed by atoms with Gasteiger partial charge in [-0.15, -0.1) is 0 Å². The van der Waals surface area contributed by atoms with Crippen molar-refractivity contribution in [2.45, 2.75) is 80.6 Å². The average molecular weight is 881 g/mol. The third kappa shape index (κ3) is 8.57. The van der Waals surface area contributed by atoms with E-state index in [1.807, 2.05) is 65.8 Å². The Labute approximate surface area is 377 Å². The third-order valence-electron chi connectivity index (χ3n) is 12.3. The highest BCUT2D eigenvalue weighted by atomic mass is 16.5. The van der Waals surface area contributed by atoms with Crippen LogP contribution < -0.4 is 47.2 Å².